The number of methoxy groups -OCH3 is 1. The van der Waals surface area contributed by atoms with E-state index < -0.39 is 5.97 Å². The molecule has 2 heterocycles. The number of fused-ring (bicyclic) bond motifs is 1. The highest BCUT2D eigenvalue weighted by Gasteiger charge is 2.10. The van der Waals surface area contributed by atoms with E-state index in [0.717, 1.165) is 12.2 Å². The Morgan fingerprint density at radius 1 is 1.56 bits per heavy atom. The first-order valence-electron chi connectivity index (χ1n) is 5.62. The molecule has 0 aliphatic rings. The Morgan fingerprint density at radius 2 is 2.39 bits per heavy atom. The maximum absolute atomic E-state index is 10.9. The van der Waals surface area contributed by atoms with Crippen LogP contribution in [0.15, 0.2) is 24.4 Å². The van der Waals surface area contributed by atoms with Crippen LogP contribution in [0.3, 0.4) is 0 Å². The number of rotatable bonds is 6. The van der Waals surface area contributed by atoms with Crippen LogP contribution >= 0.6 is 0 Å². The molecule has 2 aromatic rings. The molecule has 0 aromatic carbocycles. The number of aromatic carboxylic acids is 1. The van der Waals surface area contributed by atoms with Crippen LogP contribution in [0, 0.1) is 0 Å². The van der Waals surface area contributed by atoms with Gasteiger partial charge in [0.15, 0.2) is 5.69 Å². The molecule has 2 rings (SSSR count). The number of imidazole rings is 1. The van der Waals surface area contributed by atoms with Gasteiger partial charge in [-0.3, -0.25) is 0 Å². The Morgan fingerprint density at radius 3 is 3.11 bits per heavy atom. The highest BCUT2D eigenvalue weighted by Crippen LogP contribution is 2.09. The summed E-state index contributed by atoms with van der Waals surface area (Å²) < 4.78 is 6.72. The average Bonchev–Trinajstić information content (AvgIpc) is 2.79. The summed E-state index contributed by atoms with van der Waals surface area (Å²) in [6.45, 7) is 2.02. The van der Waals surface area contributed by atoms with Gasteiger partial charge >= 0.3 is 5.97 Å². The lowest BCUT2D eigenvalue weighted by atomic mass is 10.3. The Labute approximate surface area is 104 Å². The number of ether oxygens (including phenoxy) is 1. The van der Waals surface area contributed by atoms with Crippen molar-refractivity contribution in [3.63, 3.8) is 0 Å². The quantitative estimate of drug-likeness (QED) is 0.739. The molecule has 0 saturated carbocycles. The summed E-state index contributed by atoms with van der Waals surface area (Å²) in [5, 5.41) is 12.1. The molecule has 0 amide bonds. The molecule has 0 aliphatic heterocycles. The molecule has 18 heavy (non-hydrogen) atoms. The van der Waals surface area contributed by atoms with Crippen molar-refractivity contribution in [2.45, 2.75) is 6.54 Å². The highest BCUT2D eigenvalue weighted by atomic mass is 16.5. The number of aromatic nitrogens is 2. The minimum Gasteiger partial charge on any atom is -0.476 e. The van der Waals surface area contributed by atoms with E-state index in [0.29, 0.717) is 18.8 Å². The van der Waals surface area contributed by atoms with Crippen molar-refractivity contribution < 1.29 is 14.6 Å². The summed E-state index contributed by atoms with van der Waals surface area (Å²) >= 11 is 0. The fourth-order valence-corrected chi connectivity index (χ4v) is 1.71. The largest absolute Gasteiger partial charge is 0.476 e. The predicted octanol–water partition coefficient (Wildman–Crippen LogP) is 0.768. The summed E-state index contributed by atoms with van der Waals surface area (Å²) in [5.41, 5.74) is 1.65. The van der Waals surface area contributed by atoms with Gasteiger partial charge in [-0.05, 0) is 12.1 Å². The van der Waals surface area contributed by atoms with Crippen molar-refractivity contribution >= 4 is 11.6 Å². The zero-order chi connectivity index (χ0) is 13.0. The molecule has 0 aliphatic carbocycles. The molecular weight excluding hydrogens is 234 g/mol. The van der Waals surface area contributed by atoms with Crippen LogP contribution in [0.5, 0.6) is 0 Å². The Kier molecular flexibility index (Phi) is 3.91. The van der Waals surface area contributed by atoms with Crippen LogP contribution in [0.25, 0.3) is 5.65 Å². The van der Waals surface area contributed by atoms with Gasteiger partial charge in [-0.2, -0.15) is 0 Å². The predicted molar refractivity (Wildman–Crippen MR) is 65.7 cm³/mol. The summed E-state index contributed by atoms with van der Waals surface area (Å²) in [6.07, 6.45) is 1.53. The summed E-state index contributed by atoms with van der Waals surface area (Å²) in [5.74, 6) is -1.02. The van der Waals surface area contributed by atoms with Crippen LogP contribution in [0.4, 0.5) is 0 Å². The number of nitrogens with one attached hydrogen (secondary N) is 1. The third-order valence-electron chi connectivity index (χ3n) is 2.58. The minimum atomic E-state index is -1.02. The maximum Gasteiger partial charge on any atom is 0.356 e. The summed E-state index contributed by atoms with van der Waals surface area (Å²) in [7, 11) is 1.65. The monoisotopic (exact) mass is 249 g/mol. The lowest BCUT2D eigenvalue weighted by Gasteiger charge is -2.06. The molecular formula is C12H15N3O3. The number of carboxylic acid groups (broad SMARTS) is 1. The fraction of sp³-hybridized carbons (Fsp3) is 0.333. The smallest absolute Gasteiger partial charge is 0.356 e. The van der Waals surface area contributed by atoms with Crippen molar-refractivity contribution in [2.75, 3.05) is 20.3 Å². The van der Waals surface area contributed by atoms with E-state index in [-0.39, 0.29) is 5.69 Å². The Hall–Kier alpha value is -1.92. The van der Waals surface area contributed by atoms with Gasteiger partial charge in [0.05, 0.1) is 6.61 Å². The lowest BCUT2D eigenvalue weighted by Crippen LogP contribution is -2.19. The van der Waals surface area contributed by atoms with Gasteiger partial charge in [0.25, 0.3) is 0 Å². The number of hydrogen-bond donors (Lipinski definition) is 2. The third kappa shape index (κ3) is 2.66. The lowest BCUT2D eigenvalue weighted by molar-refractivity contribution is 0.0691. The first-order valence-corrected chi connectivity index (χ1v) is 5.62. The van der Waals surface area contributed by atoms with Crippen LogP contribution < -0.4 is 5.32 Å². The molecule has 0 saturated heterocycles. The van der Waals surface area contributed by atoms with Gasteiger partial charge in [0.2, 0.25) is 0 Å². The number of carboxylic acids is 1. The van der Waals surface area contributed by atoms with E-state index in [9.17, 15) is 4.79 Å². The molecule has 0 spiro atoms. The maximum atomic E-state index is 10.9. The molecule has 6 nitrogen and oxygen atoms in total. The second-order valence-electron chi connectivity index (χ2n) is 3.85. The average molecular weight is 249 g/mol. The SMILES string of the molecule is COCCNCc1cccc2nc(C(=O)O)cn12. The van der Waals surface area contributed by atoms with E-state index in [1.807, 2.05) is 12.1 Å². The van der Waals surface area contributed by atoms with Crippen molar-refractivity contribution in [2.24, 2.45) is 0 Å². The number of carbonyl (C=O) groups is 1. The highest BCUT2D eigenvalue weighted by molar-refractivity contribution is 5.86. The zero-order valence-electron chi connectivity index (χ0n) is 10.1. The summed E-state index contributed by atoms with van der Waals surface area (Å²) in [4.78, 5) is 14.9. The van der Waals surface area contributed by atoms with Crippen LogP contribution in [0.2, 0.25) is 0 Å². The second-order valence-corrected chi connectivity index (χ2v) is 3.85. The topological polar surface area (TPSA) is 75.9 Å². The van der Waals surface area contributed by atoms with E-state index in [4.69, 9.17) is 9.84 Å². The number of hydrogen-bond acceptors (Lipinski definition) is 4. The number of pyridine rings is 1. The molecule has 6 heteroatoms. The van der Waals surface area contributed by atoms with Crippen molar-refractivity contribution in [3.05, 3.63) is 35.8 Å². The van der Waals surface area contributed by atoms with E-state index in [2.05, 4.69) is 10.3 Å². The van der Waals surface area contributed by atoms with Gasteiger partial charge in [0, 0.05) is 32.1 Å². The molecule has 96 valence electrons. The van der Waals surface area contributed by atoms with Crippen LogP contribution in [0.1, 0.15) is 16.2 Å². The fourth-order valence-electron chi connectivity index (χ4n) is 1.71. The van der Waals surface area contributed by atoms with Gasteiger partial charge in [0.1, 0.15) is 5.65 Å². The van der Waals surface area contributed by atoms with E-state index in [1.54, 1.807) is 17.6 Å². The normalized spacial score (nSPS) is 10.9. The molecule has 0 radical (unpaired) electrons. The van der Waals surface area contributed by atoms with Gasteiger partial charge in [-0.1, -0.05) is 6.07 Å². The second kappa shape index (κ2) is 5.61. The van der Waals surface area contributed by atoms with Crippen molar-refractivity contribution in [1.82, 2.24) is 14.7 Å². The zero-order valence-corrected chi connectivity index (χ0v) is 10.1. The molecule has 2 N–H and O–H groups in total. The van der Waals surface area contributed by atoms with Crippen molar-refractivity contribution in [3.8, 4) is 0 Å². The standard InChI is InChI=1S/C12H15N3O3/c1-18-6-5-13-7-9-3-2-4-11-14-10(12(16)17)8-15(9)11/h2-4,8,13H,5-7H2,1H3,(H,16,17). The van der Waals surface area contributed by atoms with Gasteiger partial charge in [-0.25, -0.2) is 9.78 Å². The van der Waals surface area contributed by atoms with Gasteiger partial charge < -0.3 is 19.6 Å². The van der Waals surface area contributed by atoms with Crippen LogP contribution in [-0.2, 0) is 11.3 Å². The van der Waals surface area contributed by atoms with Crippen molar-refractivity contribution in [1.29, 1.82) is 0 Å². The molecule has 0 bridgehead atoms. The third-order valence-corrected chi connectivity index (χ3v) is 2.58. The first kappa shape index (κ1) is 12.5. The molecule has 0 fully saturated rings. The Bertz CT molecular complexity index is 550. The van der Waals surface area contributed by atoms with E-state index >= 15 is 0 Å². The molecule has 2 aromatic heterocycles. The summed E-state index contributed by atoms with van der Waals surface area (Å²) in [6, 6.07) is 5.58. The first-order chi connectivity index (χ1) is 8.72. The minimum absolute atomic E-state index is 0.0549. The van der Waals surface area contributed by atoms with Gasteiger partial charge in [-0.15, -0.1) is 0 Å². The number of nitrogens with zero attached hydrogens (tertiary/aromatic N) is 2. The molecule has 0 unspecified atom stereocenters. The van der Waals surface area contributed by atoms with E-state index in [1.165, 1.54) is 6.20 Å². The van der Waals surface area contributed by atoms with Crippen LogP contribution in [-0.4, -0.2) is 40.7 Å². The Balaban J connectivity index is 2.19. The molecule has 0 atom stereocenters.